The molecule has 0 aliphatic heterocycles. The first-order valence-electron chi connectivity index (χ1n) is 8.89. The SMILES string of the molecule is O=C(NC(CO)C(=O)Nn1cnnc1)c1ccc2c(c1)C(=O)c1ccccc1C2=O. The normalized spacial score (nSPS) is 13.2. The molecule has 0 radical (unpaired) electrons. The van der Waals surface area contributed by atoms with Gasteiger partial charge < -0.3 is 10.4 Å². The molecule has 10 heteroatoms. The molecule has 1 aromatic heterocycles. The minimum Gasteiger partial charge on any atom is -0.394 e. The van der Waals surface area contributed by atoms with Gasteiger partial charge in [0.15, 0.2) is 11.6 Å². The second kappa shape index (κ2) is 7.68. The highest BCUT2D eigenvalue weighted by Crippen LogP contribution is 2.27. The molecule has 30 heavy (non-hydrogen) atoms. The number of aliphatic hydroxyl groups is 1. The van der Waals surface area contributed by atoms with Gasteiger partial charge in [0.05, 0.1) is 6.61 Å². The number of amides is 2. The molecular formula is C20H15N5O5. The molecule has 4 rings (SSSR count). The minimum absolute atomic E-state index is 0.0739. The number of hydrogen-bond acceptors (Lipinski definition) is 7. The second-order valence-electron chi connectivity index (χ2n) is 6.52. The van der Waals surface area contributed by atoms with Gasteiger partial charge in [-0.2, -0.15) is 0 Å². The molecule has 0 saturated carbocycles. The smallest absolute Gasteiger partial charge is 0.263 e. The maximum absolute atomic E-state index is 12.8. The number of nitrogens with zero attached hydrogens (tertiary/aromatic N) is 3. The summed E-state index contributed by atoms with van der Waals surface area (Å²) in [5, 5.41) is 18.9. The fourth-order valence-corrected chi connectivity index (χ4v) is 3.14. The van der Waals surface area contributed by atoms with E-state index < -0.39 is 24.5 Å². The zero-order valence-corrected chi connectivity index (χ0v) is 15.4. The van der Waals surface area contributed by atoms with E-state index in [1.165, 1.54) is 30.9 Å². The van der Waals surface area contributed by atoms with Gasteiger partial charge in [-0.1, -0.05) is 24.3 Å². The molecule has 0 fully saturated rings. The first-order valence-corrected chi connectivity index (χ1v) is 8.89. The van der Waals surface area contributed by atoms with Gasteiger partial charge in [-0.15, -0.1) is 10.2 Å². The molecule has 1 atom stereocenters. The van der Waals surface area contributed by atoms with Crippen molar-refractivity contribution in [2.75, 3.05) is 12.0 Å². The Labute approximate surface area is 169 Å². The van der Waals surface area contributed by atoms with Crippen LogP contribution in [0.5, 0.6) is 0 Å². The summed E-state index contributed by atoms with van der Waals surface area (Å²) in [6.45, 7) is -0.657. The monoisotopic (exact) mass is 405 g/mol. The largest absolute Gasteiger partial charge is 0.394 e. The van der Waals surface area contributed by atoms with Gasteiger partial charge in [0, 0.05) is 27.8 Å². The Morgan fingerprint density at radius 2 is 1.53 bits per heavy atom. The van der Waals surface area contributed by atoms with Gasteiger partial charge in [-0.25, -0.2) is 4.68 Å². The number of benzene rings is 2. The van der Waals surface area contributed by atoms with Gasteiger partial charge in [0.25, 0.3) is 11.8 Å². The van der Waals surface area contributed by atoms with Crippen LogP contribution in [-0.4, -0.2) is 56.0 Å². The van der Waals surface area contributed by atoms with E-state index in [1.54, 1.807) is 24.3 Å². The summed E-state index contributed by atoms with van der Waals surface area (Å²) in [5.41, 5.74) is 3.37. The molecule has 1 unspecified atom stereocenters. The fourth-order valence-electron chi connectivity index (χ4n) is 3.14. The molecular weight excluding hydrogens is 390 g/mol. The van der Waals surface area contributed by atoms with E-state index in [9.17, 15) is 24.3 Å². The first kappa shape index (κ1) is 19.2. The summed E-state index contributed by atoms with van der Waals surface area (Å²) in [5.74, 6) is -2.04. The molecule has 2 amide bonds. The Morgan fingerprint density at radius 3 is 2.17 bits per heavy atom. The van der Waals surface area contributed by atoms with E-state index >= 15 is 0 Å². The highest BCUT2D eigenvalue weighted by molar-refractivity contribution is 6.28. The zero-order valence-electron chi connectivity index (χ0n) is 15.4. The number of ketones is 2. The van der Waals surface area contributed by atoms with Crippen LogP contribution in [0.2, 0.25) is 0 Å². The van der Waals surface area contributed by atoms with E-state index in [1.807, 2.05) is 0 Å². The molecule has 10 nitrogen and oxygen atoms in total. The number of hydrogen-bond donors (Lipinski definition) is 3. The van der Waals surface area contributed by atoms with E-state index in [2.05, 4.69) is 20.9 Å². The van der Waals surface area contributed by atoms with Crippen LogP contribution >= 0.6 is 0 Å². The highest BCUT2D eigenvalue weighted by atomic mass is 16.3. The maximum Gasteiger partial charge on any atom is 0.263 e. The van der Waals surface area contributed by atoms with Crippen molar-refractivity contribution in [3.8, 4) is 0 Å². The van der Waals surface area contributed by atoms with Gasteiger partial charge in [-0.05, 0) is 18.2 Å². The van der Waals surface area contributed by atoms with Crippen LogP contribution in [0.3, 0.4) is 0 Å². The number of aromatic nitrogens is 3. The molecule has 0 spiro atoms. The van der Waals surface area contributed by atoms with Crippen LogP contribution in [0.25, 0.3) is 0 Å². The number of rotatable bonds is 5. The third kappa shape index (κ3) is 3.35. The Kier molecular flexibility index (Phi) is 4.90. The van der Waals surface area contributed by atoms with Crippen molar-refractivity contribution in [3.05, 3.63) is 82.9 Å². The van der Waals surface area contributed by atoms with E-state index in [-0.39, 0.29) is 33.8 Å². The third-order valence-electron chi connectivity index (χ3n) is 4.65. The van der Waals surface area contributed by atoms with Gasteiger partial charge >= 0.3 is 0 Å². The number of nitrogens with one attached hydrogen (secondary N) is 2. The average Bonchev–Trinajstić information content (AvgIpc) is 3.28. The maximum atomic E-state index is 12.8. The van der Waals surface area contributed by atoms with Gasteiger partial charge in [0.2, 0.25) is 0 Å². The summed E-state index contributed by atoms with van der Waals surface area (Å²) in [6, 6.07) is 9.33. The molecule has 1 aliphatic rings. The predicted molar refractivity (Wildman–Crippen MR) is 102 cm³/mol. The lowest BCUT2D eigenvalue weighted by Gasteiger charge is -2.19. The summed E-state index contributed by atoms with van der Waals surface area (Å²) < 4.78 is 1.16. The van der Waals surface area contributed by atoms with Crippen LogP contribution in [0.4, 0.5) is 0 Å². The number of aliphatic hydroxyl groups excluding tert-OH is 1. The van der Waals surface area contributed by atoms with Crippen molar-refractivity contribution in [2.24, 2.45) is 0 Å². The van der Waals surface area contributed by atoms with Crippen molar-refractivity contribution in [1.29, 1.82) is 0 Å². The van der Waals surface area contributed by atoms with E-state index in [0.717, 1.165) is 4.68 Å². The summed E-state index contributed by atoms with van der Waals surface area (Å²) in [6.07, 6.45) is 2.47. The third-order valence-corrected chi connectivity index (χ3v) is 4.65. The standard InChI is InChI=1S/C20H15N5O5/c26-8-16(20(30)24-25-9-21-22-10-25)23-19(29)11-5-6-14-15(7-11)18(28)13-4-2-1-3-12(13)17(14)27/h1-7,9-10,16,26H,8H2,(H,23,29)(H,24,30). The van der Waals surface area contributed by atoms with Crippen molar-refractivity contribution in [2.45, 2.75) is 6.04 Å². The van der Waals surface area contributed by atoms with E-state index in [4.69, 9.17) is 0 Å². The van der Waals surface area contributed by atoms with Crippen LogP contribution < -0.4 is 10.7 Å². The number of carbonyl (C=O) groups is 4. The topological polar surface area (TPSA) is 143 Å². The Bertz CT molecular complexity index is 1170. The average molecular weight is 405 g/mol. The summed E-state index contributed by atoms with van der Waals surface area (Å²) >= 11 is 0. The molecule has 0 saturated heterocycles. The molecule has 3 aromatic rings. The molecule has 2 aromatic carbocycles. The quantitative estimate of drug-likeness (QED) is 0.421. The van der Waals surface area contributed by atoms with Gasteiger partial charge in [0.1, 0.15) is 18.7 Å². The molecule has 150 valence electrons. The fraction of sp³-hybridized carbons (Fsp3) is 0.100. The molecule has 3 N–H and O–H groups in total. The van der Waals surface area contributed by atoms with Crippen LogP contribution in [-0.2, 0) is 4.79 Å². The molecule has 1 aliphatic carbocycles. The van der Waals surface area contributed by atoms with Crippen molar-refractivity contribution in [3.63, 3.8) is 0 Å². The second-order valence-corrected chi connectivity index (χ2v) is 6.52. The van der Waals surface area contributed by atoms with Gasteiger partial charge in [-0.3, -0.25) is 24.6 Å². The Balaban J connectivity index is 1.56. The summed E-state index contributed by atoms with van der Waals surface area (Å²) in [4.78, 5) is 50.3. The lowest BCUT2D eigenvalue weighted by atomic mass is 9.83. The van der Waals surface area contributed by atoms with Crippen molar-refractivity contribution in [1.82, 2.24) is 20.2 Å². The highest BCUT2D eigenvalue weighted by Gasteiger charge is 2.30. The van der Waals surface area contributed by atoms with Crippen molar-refractivity contribution >= 4 is 23.4 Å². The first-order chi connectivity index (χ1) is 14.5. The van der Waals surface area contributed by atoms with Crippen LogP contribution in [0.15, 0.2) is 55.1 Å². The van der Waals surface area contributed by atoms with Crippen molar-refractivity contribution < 1.29 is 24.3 Å². The molecule has 0 bridgehead atoms. The number of carbonyl (C=O) groups excluding carboxylic acids is 4. The molecule has 1 heterocycles. The van der Waals surface area contributed by atoms with Crippen LogP contribution in [0.1, 0.15) is 42.2 Å². The number of fused-ring (bicyclic) bond motifs is 2. The van der Waals surface area contributed by atoms with E-state index in [0.29, 0.717) is 5.56 Å². The lowest BCUT2D eigenvalue weighted by Crippen LogP contribution is -2.47. The summed E-state index contributed by atoms with van der Waals surface area (Å²) in [7, 11) is 0. The Morgan fingerprint density at radius 1 is 0.933 bits per heavy atom. The Hall–Kier alpha value is -4.18. The zero-order chi connectivity index (χ0) is 21.3. The predicted octanol–water partition coefficient (Wildman–Crippen LogP) is -0.0855. The minimum atomic E-state index is -1.26. The lowest BCUT2D eigenvalue weighted by molar-refractivity contribution is -0.119. The van der Waals surface area contributed by atoms with Crippen LogP contribution in [0, 0.1) is 0 Å².